The van der Waals surface area contributed by atoms with Crippen LogP contribution in [0.3, 0.4) is 0 Å². The maximum absolute atomic E-state index is 11.7. The first-order chi connectivity index (χ1) is 6.72. The quantitative estimate of drug-likeness (QED) is 0.574. The van der Waals surface area contributed by atoms with Crippen molar-refractivity contribution in [2.45, 2.75) is 30.7 Å². The van der Waals surface area contributed by atoms with Crippen molar-refractivity contribution in [1.82, 2.24) is 0 Å². The van der Waals surface area contributed by atoms with Crippen LogP contribution in [0.4, 0.5) is 0 Å². The van der Waals surface area contributed by atoms with E-state index in [1.807, 2.05) is 6.07 Å². The largest absolute Gasteiger partial charge is 0.496 e. The second kappa shape index (κ2) is 3.62. The van der Waals surface area contributed by atoms with E-state index in [-0.39, 0.29) is 28.8 Å². The van der Waals surface area contributed by atoms with Gasteiger partial charge in [0.1, 0.15) is 24.0 Å². The standard InChI is InChI=1S/C10H10ClNO2/c11-7-1-2-9-8(3-7)10(13)6(4-12)5-14-9/h5,7-9H,1-3H2. The molecule has 0 radical (unpaired) electrons. The number of hydrogen-bond donors (Lipinski definition) is 0. The fourth-order valence-electron chi connectivity index (χ4n) is 2.02. The number of hydrogen-bond acceptors (Lipinski definition) is 3. The summed E-state index contributed by atoms with van der Waals surface area (Å²) < 4.78 is 5.34. The lowest BCUT2D eigenvalue weighted by molar-refractivity contribution is -0.126. The number of nitriles is 1. The first-order valence-corrected chi connectivity index (χ1v) is 5.10. The summed E-state index contributed by atoms with van der Waals surface area (Å²) in [6, 6.07) is 1.85. The van der Waals surface area contributed by atoms with Gasteiger partial charge in [0.15, 0.2) is 5.78 Å². The summed E-state index contributed by atoms with van der Waals surface area (Å²) in [7, 11) is 0. The topological polar surface area (TPSA) is 50.1 Å². The molecule has 74 valence electrons. The van der Waals surface area contributed by atoms with Crippen molar-refractivity contribution in [1.29, 1.82) is 5.26 Å². The Morgan fingerprint density at radius 1 is 1.57 bits per heavy atom. The lowest BCUT2D eigenvalue weighted by Gasteiger charge is -2.34. The maximum atomic E-state index is 11.7. The van der Waals surface area contributed by atoms with Crippen molar-refractivity contribution in [3.63, 3.8) is 0 Å². The molecule has 3 unspecified atom stereocenters. The molecule has 0 saturated heterocycles. The number of alkyl halides is 1. The minimum Gasteiger partial charge on any atom is -0.496 e. The zero-order valence-electron chi connectivity index (χ0n) is 7.57. The van der Waals surface area contributed by atoms with Gasteiger partial charge in [-0.2, -0.15) is 5.26 Å². The molecule has 1 heterocycles. The summed E-state index contributed by atoms with van der Waals surface area (Å²) in [4.78, 5) is 11.7. The van der Waals surface area contributed by atoms with Crippen LogP contribution in [-0.2, 0) is 9.53 Å². The van der Waals surface area contributed by atoms with Gasteiger partial charge in [-0.1, -0.05) is 0 Å². The number of rotatable bonds is 0. The van der Waals surface area contributed by atoms with E-state index in [0.29, 0.717) is 6.42 Å². The van der Waals surface area contributed by atoms with E-state index >= 15 is 0 Å². The Labute approximate surface area is 87.3 Å². The van der Waals surface area contributed by atoms with Gasteiger partial charge in [0.25, 0.3) is 0 Å². The third-order valence-corrected chi connectivity index (χ3v) is 3.20. The molecular formula is C10H10ClNO2. The summed E-state index contributed by atoms with van der Waals surface area (Å²) in [6.07, 6.45) is 3.54. The average Bonchev–Trinajstić information content (AvgIpc) is 2.20. The summed E-state index contributed by atoms with van der Waals surface area (Å²) in [5.74, 6) is -0.306. The Morgan fingerprint density at radius 2 is 2.36 bits per heavy atom. The highest BCUT2D eigenvalue weighted by atomic mass is 35.5. The normalized spacial score (nSPS) is 36.4. The Bertz CT molecular complexity index is 332. The fourth-order valence-corrected chi connectivity index (χ4v) is 2.34. The molecule has 1 aliphatic heterocycles. The Hall–Kier alpha value is -1.01. The van der Waals surface area contributed by atoms with Gasteiger partial charge in [0.05, 0.1) is 5.92 Å². The van der Waals surface area contributed by atoms with Gasteiger partial charge in [-0.3, -0.25) is 4.79 Å². The highest BCUT2D eigenvalue weighted by molar-refractivity contribution is 6.21. The monoisotopic (exact) mass is 211 g/mol. The molecule has 1 fully saturated rings. The second-order valence-corrected chi connectivity index (χ2v) is 4.32. The Kier molecular flexibility index (Phi) is 2.47. The van der Waals surface area contributed by atoms with E-state index in [0.717, 1.165) is 12.8 Å². The van der Waals surface area contributed by atoms with E-state index in [9.17, 15) is 4.79 Å². The lowest BCUT2D eigenvalue weighted by Crippen LogP contribution is -2.39. The SMILES string of the molecule is N#CC1=COC2CCC(Cl)CC2C1=O. The highest BCUT2D eigenvalue weighted by Crippen LogP contribution is 2.34. The van der Waals surface area contributed by atoms with Gasteiger partial charge in [-0.15, -0.1) is 11.6 Å². The van der Waals surface area contributed by atoms with Gasteiger partial charge < -0.3 is 4.74 Å². The molecule has 3 atom stereocenters. The molecule has 0 aromatic heterocycles. The van der Waals surface area contributed by atoms with Crippen LogP contribution in [0.5, 0.6) is 0 Å². The number of halogens is 1. The van der Waals surface area contributed by atoms with Crippen LogP contribution in [0.25, 0.3) is 0 Å². The molecular weight excluding hydrogens is 202 g/mol. The van der Waals surface area contributed by atoms with Crippen LogP contribution >= 0.6 is 11.6 Å². The third-order valence-electron chi connectivity index (χ3n) is 2.81. The molecule has 0 aromatic rings. The molecule has 2 rings (SSSR count). The van der Waals surface area contributed by atoms with Crippen molar-refractivity contribution < 1.29 is 9.53 Å². The molecule has 2 aliphatic rings. The summed E-state index contributed by atoms with van der Waals surface area (Å²) in [5.41, 5.74) is 0.122. The van der Waals surface area contributed by atoms with Gasteiger partial charge in [0, 0.05) is 5.38 Å². The first kappa shape index (κ1) is 9.54. The lowest BCUT2D eigenvalue weighted by atomic mass is 9.80. The van der Waals surface area contributed by atoms with Crippen LogP contribution < -0.4 is 0 Å². The molecule has 4 heteroatoms. The number of Topliss-reactive ketones (excluding diaryl/α,β-unsaturated/α-hetero) is 1. The predicted octanol–water partition coefficient (Wildman–Crippen LogP) is 1.77. The van der Waals surface area contributed by atoms with Gasteiger partial charge in [0.2, 0.25) is 0 Å². The smallest absolute Gasteiger partial charge is 0.183 e. The van der Waals surface area contributed by atoms with Crippen LogP contribution in [0.1, 0.15) is 19.3 Å². The summed E-state index contributed by atoms with van der Waals surface area (Å²) in [5, 5.41) is 8.71. The first-order valence-electron chi connectivity index (χ1n) is 4.66. The van der Waals surface area contributed by atoms with Gasteiger partial charge in [-0.05, 0) is 19.3 Å². The van der Waals surface area contributed by atoms with E-state index in [2.05, 4.69) is 0 Å². The van der Waals surface area contributed by atoms with E-state index in [4.69, 9.17) is 21.6 Å². The summed E-state index contributed by atoms with van der Waals surface area (Å²) >= 11 is 5.98. The van der Waals surface area contributed by atoms with Crippen molar-refractivity contribution >= 4 is 17.4 Å². The zero-order valence-corrected chi connectivity index (χ0v) is 8.33. The number of fused-ring (bicyclic) bond motifs is 1. The Balaban J connectivity index is 2.21. The highest BCUT2D eigenvalue weighted by Gasteiger charge is 2.39. The molecule has 0 bridgehead atoms. The number of ether oxygens (including phenoxy) is 1. The van der Waals surface area contributed by atoms with E-state index < -0.39 is 0 Å². The molecule has 3 nitrogen and oxygen atoms in total. The number of ketones is 1. The van der Waals surface area contributed by atoms with Crippen molar-refractivity contribution in [3.8, 4) is 6.07 Å². The molecule has 1 saturated carbocycles. The third kappa shape index (κ3) is 1.51. The minimum absolute atomic E-state index is 0.0434. The fraction of sp³-hybridized carbons (Fsp3) is 0.600. The minimum atomic E-state index is -0.203. The number of carbonyl (C=O) groups is 1. The van der Waals surface area contributed by atoms with Gasteiger partial charge >= 0.3 is 0 Å². The Morgan fingerprint density at radius 3 is 3.07 bits per heavy atom. The molecule has 0 N–H and O–H groups in total. The van der Waals surface area contributed by atoms with Crippen molar-refractivity contribution in [3.05, 3.63) is 11.8 Å². The average molecular weight is 212 g/mol. The maximum Gasteiger partial charge on any atom is 0.183 e. The second-order valence-electron chi connectivity index (χ2n) is 3.70. The van der Waals surface area contributed by atoms with Crippen molar-refractivity contribution in [2.75, 3.05) is 0 Å². The molecule has 0 amide bonds. The molecule has 0 spiro atoms. The molecule has 14 heavy (non-hydrogen) atoms. The van der Waals surface area contributed by atoms with Crippen LogP contribution in [0.15, 0.2) is 11.8 Å². The predicted molar refractivity (Wildman–Crippen MR) is 50.6 cm³/mol. The van der Waals surface area contributed by atoms with Crippen molar-refractivity contribution in [2.24, 2.45) is 5.92 Å². The number of nitrogens with zero attached hydrogens (tertiary/aromatic N) is 1. The van der Waals surface area contributed by atoms with Gasteiger partial charge in [-0.25, -0.2) is 0 Å². The van der Waals surface area contributed by atoms with Crippen LogP contribution in [0, 0.1) is 17.2 Å². The van der Waals surface area contributed by atoms with Crippen LogP contribution in [-0.4, -0.2) is 17.3 Å². The molecule has 1 aliphatic carbocycles. The number of carbonyl (C=O) groups excluding carboxylic acids is 1. The van der Waals surface area contributed by atoms with E-state index in [1.54, 1.807) is 0 Å². The summed E-state index contributed by atoms with van der Waals surface area (Å²) in [6.45, 7) is 0. The zero-order chi connectivity index (χ0) is 10.1. The number of allylic oxidation sites excluding steroid dienone is 1. The molecule has 0 aromatic carbocycles. The van der Waals surface area contributed by atoms with E-state index in [1.165, 1.54) is 6.26 Å². The van der Waals surface area contributed by atoms with Crippen LogP contribution in [0.2, 0.25) is 0 Å².